The van der Waals surface area contributed by atoms with Crippen LogP contribution >= 0.6 is 0 Å². The molecule has 5 heteroatoms. The largest absolute Gasteiger partial charge is 0.493 e. The highest BCUT2D eigenvalue weighted by molar-refractivity contribution is 6.02. The molecule has 0 saturated carbocycles. The lowest BCUT2D eigenvalue weighted by Crippen LogP contribution is -2.28. The standard InChI is InChI=1S/C23H28N2O3/c1-3-25(4-2)14-16-28-22-8-6-5-7-20(22)24-23(26)12-10-18-9-11-21-19(17-18)13-15-27-21/h5-12,17H,3-4,13-16H2,1-2H3,(H,24,26)/b12-10+. The van der Waals surface area contributed by atoms with Crippen LogP contribution in [-0.2, 0) is 11.2 Å². The highest BCUT2D eigenvalue weighted by Crippen LogP contribution is 2.26. The van der Waals surface area contributed by atoms with Gasteiger partial charge in [0.05, 0.1) is 12.3 Å². The Kier molecular flexibility index (Phi) is 7.09. The number of anilines is 1. The predicted molar refractivity (Wildman–Crippen MR) is 113 cm³/mol. The molecule has 0 aromatic heterocycles. The maximum atomic E-state index is 12.4. The zero-order valence-electron chi connectivity index (χ0n) is 16.6. The molecule has 5 nitrogen and oxygen atoms in total. The molecule has 28 heavy (non-hydrogen) atoms. The first-order valence-corrected chi connectivity index (χ1v) is 9.88. The van der Waals surface area contributed by atoms with Crippen LogP contribution in [0.2, 0.25) is 0 Å². The summed E-state index contributed by atoms with van der Waals surface area (Å²) < 4.78 is 11.4. The fourth-order valence-corrected chi connectivity index (χ4v) is 3.18. The van der Waals surface area contributed by atoms with Crippen molar-refractivity contribution in [3.05, 3.63) is 59.7 Å². The van der Waals surface area contributed by atoms with E-state index in [1.54, 1.807) is 6.08 Å². The molecular weight excluding hydrogens is 352 g/mol. The van der Waals surface area contributed by atoms with E-state index >= 15 is 0 Å². The van der Waals surface area contributed by atoms with Gasteiger partial charge in [-0.25, -0.2) is 0 Å². The number of amides is 1. The monoisotopic (exact) mass is 380 g/mol. The van der Waals surface area contributed by atoms with Gasteiger partial charge < -0.3 is 19.7 Å². The van der Waals surface area contributed by atoms with Crippen molar-refractivity contribution in [1.82, 2.24) is 4.90 Å². The molecule has 0 atom stereocenters. The number of fused-ring (bicyclic) bond motifs is 1. The molecule has 1 heterocycles. The van der Waals surface area contributed by atoms with Crippen LogP contribution in [0, 0.1) is 0 Å². The first kappa shape index (κ1) is 20.0. The number of carbonyl (C=O) groups is 1. The van der Waals surface area contributed by atoms with Gasteiger partial charge in [-0.1, -0.05) is 32.0 Å². The van der Waals surface area contributed by atoms with Gasteiger partial charge in [0.25, 0.3) is 0 Å². The van der Waals surface area contributed by atoms with Crippen LogP contribution in [0.25, 0.3) is 6.08 Å². The Hall–Kier alpha value is -2.79. The number of benzene rings is 2. The van der Waals surface area contributed by atoms with E-state index in [2.05, 4.69) is 30.1 Å². The minimum Gasteiger partial charge on any atom is -0.493 e. The Morgan fingerprint density at radius 2 is 2.04 bits per heavy atom. The normalized spacial score (nSPS) is 12.8. The molecule has 0 unspecified atom stereocenters. The molecular formula is C23H28N2O3. The summed E-state index contributed by atoms with van der Waals surface area (Å²) in [6.45, 7) is 8.44. The lowest BCUT2D eigenvalue weighted by Gasteiger charge is -2.19. The van der Waals surface area contributed by atoms with Gasteiger partial charge in [0.2, 0.25) is 5.91 Å². The minimum absolute atomic E-state index is 0.184. The van der Waals surface area contributed by atoms with Gasteiger partial charge in [0.15, 0.2) is 0 Å². The molecule has 0 aliphatic carbocycles. The number of hydrogen-bond donors (Lipinski definition) is 1. The first-order valence-electron chi connectivity index (χ1n) is 9.88. The topological polar surface area (TPSA) is 50.8 Å². The first-order chi connectivity index (χ1) is 13.7. The third kappa shape index (κ3) is 5.36. The van der Waals surface area contributed by atoms with Crippen molar-refractivity contribution in [3.8, 4) is 11.5 Å². The summed E-state index contributed by atoms with van der Waals surface area (Å²) in [7, 11) is 0. The Balaban J connectivity index is 1.58. The summed E-state index contributed by atoms with van der Waals surface area (Å²) in [5.74, 6) is 1.44. The van der Waals surface area contributed by atoms with Crippen molar-refractivity contribution >= 4 is 17.7 Å². The third-order valence-electron chi connectivity index (χ3n) is 4.85. The molecule has 0 radical (unpaired) electrons. The van der Waals surface area contributed by atoms with Crippen molar-refractivity contribution < 1.29 is 14.3 Å². The van der Waals surface area contributed by atoms with E-state index in [1.807, 2.05) is 42.5 Å². The van der Waals surface area contributed by atoms with E-state index in [0.717, 1.165) is 44.0 Å². The summed E-state index contributed by atoms with van der Waals surface area (Å²) in [6.07, 6.45) is 4.28. The van der Waals surface area contributed by atoms with E-state index in [4.69, 9.17) is 9.47 Å². The summed E-state index contributed by atoms with van der Waals surface area (Å²) in [6, 6.07) is 13.5. The molecule has 3 rings (SSSR count). The summed E-state index contributed by atoms with van der Waals surface area (Å²) in [5.41, 5.74) is 2.86. The second-order valence-corrected chi connectivity index (χ2v) is 6.66. The van der Waals surface area contributed by atoms with Crippen molar-refractivity contribution in [2.45, 2.75) is 20.3 Å². The van der Waals surface area contributed by atoms with Gasteiger partial charge in [-0.3, -0.25) is 4.79 Å². The van der Waals surface area contributed by atoms with Crippen LogP contribution in [0.1, 0.15) is 25.0 Å². The Morgan fingerprint density at radius 1 is 1.21 bits per heavy atom. The molecule has 0 spiro atoms. The van der Waals surface area contributed by atoms with Gasteiger partial charge in [-0.05, 0) is 54.6 Å². The Bertz CT molecular complexity index is 828. The highest BCUT2D eigenvalue weighted by atomic mass is 16.5. The fraction of sp³-hybridized carbons (Fsp3) is 0.348. The molecule has 1 amide bonds. The van der Waals surface area contributed by atoms with Crippen LogP contribution in [0.15, 0.2) is 48.5 Å². The van der Waals surface area contributed by atoms with Crippen molar-refractivity contribution in [3.63, 3.8) is 0 Å². The molecule has 0 saturated heterocycles. The summed E-state index contributed by atoms with van der Waals surface area (Å²) in [4.78, 5) is 14.7. The number of para-hydroxylation sites is 2. The number of rotatable bonds is 9. The van der Waals surface area contributed by atoms with Crippen LogP contribution in [0.3, 0.4) is 0 Å². The summed E-state index contributed by atoms with van der Waals surface area (Å²) >= 11 is 0. The molecule has 1 N–H and O–H groups in total. The molecule has 0 bridgehead atoms. The second-order valence-electron chi connectivity index (χ2n) is 6.66. The van der Waals surface area contributed by atoms with E-state index in [9.17, 15) is 4.79 Å². The molecule has 0 fully saturated rings. The fourth-order valence-electron chi connectivity index (χ4n) is 3.18. The van der Waals surface area contributed by atoms with Gasteiger partial charge >= 0.3 is 0 Å². The number of carbonyl (C=O) groups excluding carboxylic acids is 1. The van der Waals surface area contributed by atoms with Crippen LogP contribution in [0.5, 0.6) is 11.5 Å². The Morgan fingerprint density at radius 3 is 2.86 bits per heavy atom. The number of hydrogen-bond acceptors (Lipinski definition) is 4. The second kappa shape index (κ2) is 9.95. The Labute approximate surface area is 167 Å². The van der Waals surface area contributed by atoms with Crippen molar-refractivity contribution in [2.75, 3.05) is 38.2 Å². The molecule has 2 aromatic rings. The molecule has 2 aromatic carbocycles. The smallest absolute Gasteiger partial charge is 0.248 e. The number of nitrogens with zero attached hydrogens (tertiary/aromatic N) is 1. The average Bonchev–Trinajstić information content (AvgIpc) is 3.19. The lowest BCUT2D eigenvalue weighted by molar-refractivity contribution is -0.111. The molecule has 1 aliphatic rings. The zero-order chi connectivity index (χ0) is 19.8. The van der Waals surface area contributed by atoms with Crippen LogP contribution in [-0.4, -0.2) is 43.7 Å². The number of nitrogens with one attached hydrogen (secondary N) is 1. The minimum atomic E-state index is -0.184. The molecule has 148 valence electrons. The van der Waals surface area contributed by atoms with Gasteiger partial charge in [-0.15, -0.1) is 0 Å². The number of likely N-dealkylation sites (N-methyl/N-ethyl adjacent to an activating group) is 1. The van der Waals surface area contributed by atoms with Crippen molar-refractivity contribution in [2.24, 2.45) is 0 Å². The SMILES string of the molecule is CCN(CC)CCOc1ccccc1NC(=O)/C=C/c1ccc2c(c1)CCO2. The van der Waals surface area contributed by atoms with E-state index in [0.29, 0.717) is 18.0 Å². The maximum absolute atomic E-state index is 12.4. The average molecular weight is 380 g/mol. The maximum Gasteiger partial charge on any atom is 0.248 e. The van der Waals surface area contributed by atoms with Crippen LogP contribution < -0.4 is 14.8 Å². The zero-order valence-corrected chi connectivity index (χ0v) is 16.6. The van der Waals surface area contributed by atoms with Crippen molar-refractivity contribution in [1.29, 1.82) is 0 Å². The lowest BCUT2D eigenvalue weighted by atomic mass is 10.1. The summed E-state index contributed by atoms with van der Waals surface area (Å²) in [5, 5.41) is 2.91. The highest BCUT2D eigenvalue weighted by Gasteiger charge is 2.11. The quantitative estimate of drug-likeness (QED) is 0.668. The van der Waals surface area contributed by atoms with Crippen LogP contribution in [0.4, 0.5) is 5.69 Å². The van der Waals surface area contributed by atoms with E-state index in [-0.39, 0.29) is 5.91 Å². The number of ether oxygens (including phenoxy) is 2. The van der Waals surface area contributed by atoms with Gasteiger partial charge in [0, 0.05) is 19.0 Å². The van der Waals surface area contributed by atoms with Gasteiger partial charge in [0.1, 0.15) is 18.1 Å². The molecule has 1 aliphatic heterocycles. The predicted octanol–water partition coefficient (Wildman–Crippen LogP) is 3.99. The third-order valence-corrected chi connectivity index (χ3v) is 4.85. The van der Waals surface area contributed by atoms with Gasteiger partial charge in [-0.2, -0.15) is 0 Å². The van der Waals surface area contributed by atoms with E-state index in [1.165, 1.54) is 5.56 Å². The van der Waals surface area contributed by atoms with E-state index < -0.39 is 0 Å².